The van der Waals surface area contributed by atoms with E-state index in [9.17, 15) is 13.2 Å². The maximum Gasteiger partial charge on any atom is 0.243 e. The van der Waals surface area contributed by atoms with Crippen LogP contribution in [0.25, 0.3) is 10.7 Å². The molecule has 0 spiro atoms. The average molecular weight is 382 g/mol. The number of aryl methyl sites for hydroxylation is 1. The van der Waals surface area contributed by atoms with Gasteiger partial charge in [-0.3, -0.25) is 4.79 Å². The Hall–Kier alpha value is -2.53. The number of carbonyl (C=O) groups excluding carboxylic acids is 1. The van der Waals surface area contributed by atoms with Crippen molar-refractivity contribution in [3.63, 3.8) is 0 Å². The van der Waals surface area contributed by atoms with Gasteiger partial charge in [-0.15, -0.1) is 11.3 Å². The molecule has 25 heavy (non-hydrogen) atoms. The Morgan fingerprint density at radius 3 is 2.80 bits per heavy atom. The molecule has 3 aromatic rings. The minimum Gasteiger partial charge on any atom is -0.360 e. The van der Waals surface area contributed by atoms with Gasteiger partial charge < -0.3 is 14.4 Å². The Balaban J connectivity index is 1.69. The fraction of sp³-hybridized carbons (Fsp3) is 0.286. The topological polar surface area (TPSA) is 128 Å². The molecule has 3 aromatic heterocycles. The minimum atomic E-state index is -3.84. The van der Waals surface area contributed by atoms with Crippen LogP contribution in [-0.4, -0.2) is 34.9 Å². The van der Waals surface area contributed by atoms with Gasteiger partial charge in [0.05, 0.1) is 4.88 Å². The second kappa shape index (κ2) is 6.76. The number of rotatable bonds is 6. The highest BCUT2D eigenvalue weighted by Crippen LogP contribution is 2.22. The van der Waals surface area contributed by atoms with Crippen LogP contribution in [0.4, 0.5) is 5.82 Å². The van der Waals surface area contributed by atoms with Gasteiger partial charge in [0.2, 0.25) is 17.6 Å². The van der Waals surface area contributed by atoms with Crippen LogP contribution in [0.5, 0.6) is 0 Å². The fourth-order valence-electron chi connectivity index (χ4n) is 1.93. The zero-order valence-electron chi connectivity index (χ0n) is 13.3. The molecule has 132 valence electrons. The number of hydrogen-bond donors (Lipinski definition) is 1. The summed E-state index contributed by atoms with van der Waals surface area (Å²) in [6, 6.07) is 5.11. The molecule has 0 aliphatic rings. The van der Waals surface area contributed by atoms with Crippen molar-refractivity contribution in [2.75, 3.05) is 5.32 Å². The van der Waals surface area contributed by atoms with Gasteiger partial charge >= 0.3 is 0 Å². The first-order chi connectivity index (χ1) is 11.8. The molecule has 0 aliphatic carbocycles. The largest absolute Gasteiger partial charge is 0.360 e. The molecule has 0 fully saturated rings. The molecule has 0 aromatic carbocycles. The molecule has 3 rings (SSSR count). The van der Waals surface area contributed by atoms with Gasteiger partial charge in [-0.25, -0.2) is 8.42 Å². The Bertz CT molecular complexity index is 975. The number of thiophene rings is 1. The van der Waals surface area contributed by atoms with Crippen molar-refractivity contribution in [2.45, 2.75) is 24.9 Å². The van der Waals surface area contributed by atoms with E-state index in [2.05, 4.69) is 20.6 Å². The first-order valence-corrected chi connectivity index (χ1v) is 9.77. The van der Waals surface area contributed by atoms with E-state index < -0.39 is 26.7 Å². The number of amides is 1. The average Bonchev–Trinajstić information content (AvgIpc) is 3.27. The minimum absolute atomic E-state index is 0.0691. The van der Waals surface area contributed by atoms with Gasteiger partial charge in [0, 0.05) is 6.07 Å². The molecule has 1 atom stereocenters. The van der Waals surface area contributed by atoms with E-state index in [4.69, 9.17) is 9.05 Å². The number of nitrogens with one attached hydrogen (secondary N) is 1. The van der Waals surface area contributed by atoms with Crippen molar-refractivity contribution < 1.29 is 22.3 Å². The van der Waals surface area contributed by atoms with Crippen LogP contribution in [0, 0.1) is 6.92 Å². The number of carbonyl (C=O) groups is 1. The molecule has 0 radical (unpaired) electrons. The maximum absolute atomic E-state index is 12.4. The van der Waals surface area contributed by atoms with Crippen LogP contribution in [0.2, 0.25) is 0 Å². The molecule has 1 amide bonds. The van der Waals surface area contributed by atoms with Gasteiger partial charge in [-0.1, -0.05) is 16.4 Å². The van der Waals surface area contributed by atoms with E-state index in [0.29, 0.717) is 11.6 Å². The summed E-state index contributed by atoms with van der Waals surface area (Å²) >= 11 is 1.41. The molecule has 0 aliphatic heterocycles. The zero-order valence-corrected chi connectivity index (χ0v) is 14.9. The van der Waals surface area contributed by atoms with Crippen LogP contribution < -0.4 is 5.32 Å². The van der Waals surface area contributed by atoms with Gasteiger partial charge in [0.25, 0.3) is 0 Å². The molecule has 3 heterocycles. The fourth-order valence-corrected chi connectivity index (χ4v) is 3.68. The highest BCUT2D eigenvalue weighted by Gasteiger charge is 2.31. The van der Waals surface area contributed by atoms with Crippen LogP contribution >= 0.6 is 11.3 Å². The Morgan fingerprint density at radius 1 is 1.36 bits per heavy atom. The summed E-state index contributed by atoms with van der Waals surface area (Å²) in [5.41, 5.74) is 0. The first kappa shape index (κ1) is 17.3. The standard InChI is InChI=1S/C14H14N4O5S2/c1-8-6-11(17-22-8)15-14(19)9(2)25(20,21)7-12-16-13(18-23-12)10-4-3-5-24-10/h3-6,9H,7H2,1-2H3,(H,15,17,19). The number of nitrogens with zero attached hydrogens (tertiary/aromatic N) is 3. The van der Waals surface area contributed by atoms with Crippen LogP contribution in [0.15, 0.2) is 32.6 Å². The first-order valence-electron chi connectivity index (χ1n) is 7.17. The van der Waals surface area contributed by atoms with E-state index in [1.165, 1.54) is 24.3 Å². The lowest BCUT2D eigenvalue weighted by Crippen LogP contribution is -2.33. The summed E-state index contributed by atoms with van der Waals surface area (Å²) in [5, 5.41) is 10.3. The van der Waals surface area contributed by atoms with Gasteiger partial charge in [0.15, 0.2) is 15.7 Å². The Kier molecular flexibility index (Phi) is 4.68. The maximum atomic E-state index is 12.4. The van der Waals surface area contributed by atoms with Crippen molar-refractivity contribution in [1.82, 2.24) is 15.3 Å². The van der Waals surface area contributed by atoms with E-state index in [1.54, 1.807) is 13.0 Å². The third-order valence-corrected chi connectivity index (χ3v) is 6.13. The molecular formula is C14H14N4O5S2. The lowest BCUT2D eigenvalue weighted by atomic mass is 10.4. The molecule has 0 bridgehead atoms. The monoisotopic (exact) mass is 382 g/mol. The predicted octanol–water partition coefficient (Wildman–Crippen LogP) is 2.04. The Morgan fingerprint density at radius 2 is 2.16 bits per heavy atom. The molecule has 1 unspecified atom stereocenters. The summed E-state index contributed by atoms with van der Waals surface area (Å²) in [5.74, 6) is -0.347. The van der Waals surface area contributed by atoms with Gasteiger partial charge in [0.1, 0.15) is 16.8 Å². The molecule has 0 saturated heterocycles. The molecule has 9 nitrogen and oxygen atoms in total. The number of hydrogen-bond acceptors (Lipinski definition) is 9. The zero-order chi connectivity index (χ0) is 18.0. The van der Waals surface area contributed by atoms with Crippen molar-refractivity contribution in [3.8, 4) is 10.7 Å². The van der Waals surface area contributed by atoms with Crippen molar-refractivity contribution in [1.29, 1.82) is 0 Å². The van der Waals surface area contributed by atoms with Crippen molar-refractivity contribution >= 4 is 32.9 Å². The predicted molar refractivity (Wildman–Crippen MR) is 89.6 cm³/mol. The third kappa shape index (κ3) is 3.94. The number of anilines is 1. The number of aromatic nitrogens is 3. The van der Waals surface area contributed by atoms with Gasteiger partial charge in [-0.2, -0.15) is 4.98 Å². The SMILES string of the molecule is Cc1cc(NC(=O)C(C)S(=O)(=O)Cc2nc(-c3cccs3)no2)no1. The summed E-state index contributed by atoms with van der Waals surface area (Å²) in [6.45, 7) is 2.94. The third-order valence-electron chi connectivity index (χ3n) is 3.32. The highest BCUT2D eigenvalue weighted by atomic mass is 32.2. The molecular weight excluding hydrogens is 368 g/mol. The molecule has 1 N–H and O–H groups in total. The lowest BCUT2D eigenvalue weighted by molar-refractivity contribution is -0.115. The van der Waals surface area contributed by atoms with Crippen LogP contribution in [0.1, 0.15) is 18.6 Å². The second-order valence-electron chi connectivity index (χ2n) is 5.25. The smallest absolute Gasteiger partial charge is 0.243 e. The van der Waals surface area contributed by atoms with E-state index in [1.807, 2.05) is 11.4 Å². The quantitative estimate of drug-likeness (QED) is 0.686. The Labute approximate surface area is 146 Å². The summed E-state index contributed by atoms with van der Waals surface area (Å²) in [6.07, 6.45) is 0. The summed E-state index contributed by atoms with van der Waals surface area (Å²) in [7, 11) is -3.84. The van der Waals surface area contributed by atoms with Crippen molar-refractivity contribution in [3.05, 3.63) is 35.2 Å². The summed E-state index contributed by atoms with van der Waals surface area (Å²) in [4.78, 5) is 16.9. The lowest BCUT2D eigenvalue weighted by Gasteiger charge is -2.10. The van der Waals surface area contributed by atoms with E-state index in [0.717, 1.165) is 4.88 Å². The van der Waals surface area contributed by atoms with Crippen LogP contribution in [-0.2, 0) is 20.4 Å². The summed E-state index contributed by atoms with van der Waals surface area (Å²) < 4.78 is 34.6. The molecule has 11 heteroatoms. The van der Waals surface area contributed by atoms with E-state index in [-0.39, 0.29) is 11.7 Å². The highest BCUT2D eigenvalue weighted by molar-refractivity contribution is 7.92. The van der Waals surface area contributed by atoms with Crippen LogP contribution in [0.3, 0.4) is 0 Å². The van der Waals surface area contributed by atoms with Crippen molar-refractivity contribution in [2.24, 2.45) is 0 Å². The number of sulfone groups is 1. The molecule has 0 saturated carbocycles. The second-order valence-corrected chi connectivity index (χ2v) is 8.52. The van der Waals surface area contributed by atoms with E-state index >= 15 is 0 Å². The van der Waals surface area contributed by atoms with Gasteiger partial charge in [-0.05, 0) is 25.3 Å². The normalized spacial score (nSPS) is 12.9.